The van der Waals surface area contributed by atoms with E-state index in [0.29, 0.717) is 12.3 Å². The molecule has 0 aliphatic heterocycles. The first-order valence-electron chi connectivity index (χ1n) is 10.0. The molecule has 0 heterocycles. The first-order chi connectivity index (χ1) is 12.6. The molecule has 0 N–H and O–H groups in total. The number of hydrogen-bond donors (Lipinski definition) is 0. The largest absolute Gasteiger partial charge is 0.285 e. The summed E-state index contributed by atoms with van der Waals surface area (Å²) in [5.74, 6) is -1.14. The van der Waals surface area contributed by atoms with Crippen LogP contribution in [-0.4, -0.2) is 10.5 Å². The second kappa shape index (κ2) is 9.21. The van der Waals surface area contributed by atoms with Gasteiger partial charge in [-0.3, -0.25) is 0 Å². The molecule has 1 aromatic rings. The van der Waals surface area contributed by atoms with E-state index in [1.165, 1.54) is 37.7 Å². The number of unbranched alkanes of at least 4 members (excludes halogenated alkanes) is 1. The van der Waals surface area contributed by atoms with Crippen LogP contribution in [0.1, 0.15) is 63.9 Å². The number of hydrogen-bond acceptors (Lipinski definition) is 1. The molecule has 0 saturated heterocycles. The van der Waals surface area contributed by atoms with E-state index in [4.69, 9.17) is 0 Å². The summed E-state index contributed by atoms with van der Waals surface area (Å²) < 4.78 is 26.4. The van der Waals surface area contributed by atoms with Gasteiger partial charge in [-0.1, -0.05) is 99.3 Å². The molecule has 0 aromatic heterocycles. The highest BCUT2D eigenvalue weighted by molar-refractivity contribution is 8.01. The molecular weight excluding hydrogens is 346 g/mol. The minimum atomic E-state index is -2.32. The van der Waals surface area contributed by atoms with E-state index in [2.05, 4.69) is 37.3 Å². The number of thioether (sulfide) groups is 1. The maximum atomic E-state index is 13.4. The minimum absolute atomic E-state index is 0.365. The second-order valence-corrected chi connectivity index (χ2v) is 9.11. The number of benzene rings is 1. The number of alkyl halides is 2. The van der Waals surface area contributed by atoms with Gasteiger partial charge in [-0.2, -0.15) is 8.78 Å². The van der Waals surface area contributed by atoms with Crippen molar-refractivity contribution in [3.63, 3.8) is 0 Å². The molecule has 1 aromatic carbocycles. The lowest BCUT2D eigenvalue weighted by Gasteiger charge is -2.42. The Morgan fingerprint density at radius 2 is 1.85 bits per heavy atom. The first-order valence-corrected chi connectivity index (χ1v) is 10.9. The Kier molecular flexibility index (Phi) is 6.97. The van der Waals surface area contributed by atoms with Crippen molar-refractivity contribution < 1.29 is 8.78 Å². The molecule has 3 rings (SSSR count). The Balaban J connectivity index is 1.70. The standard InChI is InChI=1S/C23H30F2S/c1-2-3-7-18-10-12-21(13-11-18)23(26-22(24)25)16-14-20(15-17-23)19-8-5-4-6-9-19/h4-6,8-9,14-16,18,21-22H,2-3,7,10-13,17H2,1H3. The van der Waals surface area contributed by atoms with Gasteiger partial charge in [-0.05, 0) is 42.2 Å². The van der Waals surface area contributed by atoms with Crippen molar-refractivity contribution in [3.8, 4) is 0 Å². The van der Waals surface area contributed by atoms with Gasteiger partial charge in [0.15, 0.2) is 0 Å². The molecule has 0 bridgehead atoms. The minimum Gasteiger partial charge on any atom is -0.198 e. The molecule has 1 fully saturated rings. The van der Waals surface area contributed by atoms with E-state index in [9.17, 15) is 8.78 Å². The van der Waals surface area contributed by atoms with Crippen molar-refractivity contribution in [1.29, 1.82) is 0 Å². The summed E-state index contributed by atoms with van der Waals surface area (Å²) in [6, 6.07) is 10.2. The third-order valence-corrected chi connectivity index (χ3v) is 7.36. The van der Waals surface area contributed by atoms with Crippen LogP contribution in [0.3, 0.4) is 0 Å². The van der Waals surface area contributed by atoms with Crippen LogP contribution in [0.25, 0.3) is 5.57 Å². The lowest BCUT2D eigenvalue weighted by molar-refractivity contribution is 0.221. The fraction of sp³-hybridized carbons (Fsp3) is 0.565. The van der Waals surface area contributed by atoms with E-state index < -0.39 is 10.5 Å². The lowest BCUT2D eigenvalue weighted by Crippen LogP contribution is -2.37. The van der Waals surface area contributed by atoms with Gasteiger partial charge in [-0.15, -0.1) is 0 Å². The van der Waals surface area contributed by atoms with Gasteiger partial charge in [0, 0.05) is 4.75 Å². The molecule has 26 heavy (non-hydrogen) atoms. The molecule has 142 valence electrons. The summed E-state index contributed by atoms with van der Waals surface area (Å²) in [7, 11) is 0. The van der Waals surface area contributed by atoms with E-state index in [-0.39, 0.29) is 0 Å². The quantitative estimate of drug-likeness (QED) is 0.469. The molecule has 1 saturated carbocycles. The third-order valence-electron chi connectivity index (χ3n) is 6.11. The summed E-state index contributed by atoms with van der Waals surface area (Å²) in [6.45, 7) is 2.24. The SMILES string of the molecule is CCCCC1CCC(C2(SC(F)F)C=CC(c3ccccc3)=CC2)CC1. The predicted octanol–water partition coefficient (Wildman–Crippen LogP) is 7.72. The Morgan fingerprint density at radius 3 is 2.42 bits per heavy atom. The molecule has 0 amide bonds. The zero-order valence-electron chi connectivity index (χ0n) is 15.7. The molecule has 1 atom stereocenters. The van der Waals surface area contributed by atoms with Crippen molar-refractivity contribution >= 4 is 17.3 Å². The highest BCUT2D eigenvalue weighted by Gasteiger charge is 2.41. The van der Waals surface area contributed by atoms with E-state index in [0.717, 1.165) is 36.1 Å². The van der Waals surface area contributed by atoms with E-state index >= 15 is 0 Å². The van der Waals surface area contributed by atoms with E-state index in [1.54, 1.807) is 0 Å². The van der Waals surface area contributed by atoms with Gasteiger partial charge in [0.2, 0.25) is 0 Å². The summed E-state index contributed by atoms with van der Waals surface area (Å²) >= 11 is 0.881. The van der Waals surface area contributed by atoms with Crippen molar-refractivity contribution in [2.45, 2.75) is 68.8 Å². The van der Waals surface area contributed by atoms with Crippen molar-refractivity contribution in [2.75, 3.05) is 0 Å². The summed E-state index contributed by atoms with van der Waals surface area (Å²) in [5.41, 5.74) is 2.33. The normalized spacial score (nSPS) is 29.0. The number of rotatable bonds is 7. The van der Waals surface area contributed by atoms with Gasteiger partial charge < -0.3 is 0 Å². The van der Waals surface area contributed by atoms with Crippen LogP contribution in [0.5, 0.6) is 0 Å². The Hall–Kier alpha value is -1.09. The monoisotopic (exact) mass is 376 g/mol. The van der Waals surface area contributed by atoms with Crippen molar-refractivity contribution in [3.05, 3.63) is 54.1 Å². The fourth-order valence-electron chi connectivity index (χ4n) is 4.57. The summed E-state index contributed by atoms with van der Waals surface area (Å²) in [5, 5.41) is 0. The Bertz CT molecular complexity index is 614. The van der Waals surface area contributed by atoms with Gasteiger partial charge in [0.1, 0.15) is 0 Å². The zero-order chi connectivity index (χ0) is 18.4. The maximum Gasteiger partial charge on any atom is 0.285 e. The molecule has 0 spiro atoms. The average molecular weight is 377 g/mol. The maximum absolute atomic E-state index is 13.4. The molecule has 1 unspecified atom stereocenters. The molecule has 3 heteroatoms. The smallest absolute Gasteiger partial charge is 0.198 e. The molecule has 0 radical (unpaired) electrons. The van der Waals surface area contributed by atoms with Crippen LogP contribution in [0, 0.1) is 11.8 Å². The predicted molar refractivity (Wildman–Crippen MR) is 109 cm³/mol. The average Bonchev–Trinajstić information content (AvgIpc) is 2.67. The van der Waals surface area contributed by atoms with Gasteiger partial charge in [-0.25, -0.2) is 0 Å². The van der Waals surface area contributed by atoms with Gasteiger partial charge in [0.25, 0.3) is 5.76 Å². The Labute approximate surface area is 161 Å². The van der Waals surface area contributed by atoms with Crippen LogP contribution in [-0.2, 0) is 0 Å². The fourth-order valence-corrected chi connectivity index (χ4v) is 5.65. The molecular formula is C23H30F2S. The second-order valence-electron chi connectivity index (χ2n) is 7.76. The number of halogens is 2. The number of allylic oxidation sites excluding steroid dienone is 3. The van der Waals surface area contributed by atoms with E-state index in [1.807, 2.05) is 18.2 Å². The summed E-state index contributed by atoms with van der Waals surface area (Å²) in [6.07, 6.45) is 15.5. The molecule has 0 nitrogen and oxygen atoms in total. The Morgan fingerprint density at radius 1 is 1.12 bits per heavy atom. The zero-order valence-corrected chi connectivity index (χ0v) is 16.5. The van der Waals surface area contributed by atoms with Gasteiger partial charge >= 0.3 is 0 Å². The van der Waals surface area contributed by atoms with Crippen LogP contribution in [0.2, 0.25) is 0 Å². The van der Waals surface area contributed by atoms with Gasteiger partial charge in [0.05, 0.1) is 0 Å². The highest BCUT2D eigenvalue weighted by Crippen LogP contribution is 2.50. The van der Waals surface area contributed by atoms with Crippen LogP contribution >= 0.6 is 11.8 Å². The lowest BCUT2D eigenvalue weighted by atomic mass is 9.71. The summed E-state index contributed by atoms with van der Waals surface area (Å²) in [4.78, 5) is 0. The highest BCUT2D eigenvalue weighted by atomic mass is 32.2. The van der Waals surface area contributed by atoms with Crippen molar-refractivity contribution in [1.82, 2.24) is 0 Å². The molecule has 2 aliphatic rings. The van der Waals surface area contributed by atoms with Crippen LogP contribution in [0.15, 0.2) is 48.6 Å². The van der Waals surface area contributed by atoms with Crippen LogP contribution < -0.4 is 0 Å². The van der Waals surface area contributed by atoms with Crippen LogP contribution in [0.4, 0.5) is 8.78 Å². The third kappa shape index (κ3) is 4.79. The van der Waals surface area contributed by atoms with Crippen molar-refractivity contribution in [2.24, 2.45) is 11.8 Å². The topological polar surface area (TPSA) is 0 Å². The first kappa shape index (κ1) is 19.7. The molecule has 2 aliphatic carbocycles.